The molecule has 6 nitrogen and oxygen atoms in total. The Balaban J connectivity index is 1.73. The molecule has 0 spiro atoms. The zero-order valence-corrected chi connectivity index (χ0v) is 12.7. The van der Waals surface area contributed by atoms with Gasteiger partial charge in [-0.2, -0.15) is 5.10 Å². The van der Waals surface area contributed by atoms with E-state index in [2.05, 4.69) is 27.4 Å². The number of hydrogen-bond donors (Lipinski definition) is 1. The van der Waals surface area contributed by atoms with Crippen LogP contribution >= 0.6 is 0 Å². The molecule has 0 saturated carbocycles. The average molecular weight is 279 g/mol. The first-order valence-corrected chi connectivity index (χ1v) is 7.17. The van der Waals surface area contributed by atoms with Gasteiger partial charge in [0.25, 0.3) is 0 Å². The van der Waals surface area contributed by atoms with Crippen molar-refractivity contribution in [2.75, 3.05) is 40.4 Å². The average Bonchev–Trinajstić information content (AvgIpc) is 3.06. The molecule has 20 heavy (non-hydrogen) atoms. The van der Waals surface area contributed by atoms with Crippen molar-refractivity contribution in [3.05, 3.63) is 18.0 Å². The monoisotopic (exact) mass is 279 g/mol. The van der Waals surface area contributed by atoms with E-state index in [-0.39, 0.29) is 0 Å². The molecule has 0 aliphatic carbocycles. The first kappa shape index (κ1) is 14.8. The summed E-state index contributed by atoms with van der Waals surface area (Å²) < 4.78 is 7.36. The van der Waals surface area contributed by atoms with E-state index in [9.17, 15) is 0 Å². The lowest BCUT2D eigenvalue weighted by Crippen LogP contribution is -2.42. The Morgan fingerprint density at radius 1 is 1.65 bits per heavy atom. The van der Waals surface area contributed by atoms with Gasteiger partial charge < -0.3 is 15.0 Å². The molecular weight excluding hydrogens is 254 g/mol. The fraction of sp³-hybridized carbons (Fsp3) is 0.714. The molecule has 1 saturated heterocycles. The van der Waals surface area contributed by atoms with Crippen molar-refractivity contribution < 1.29 is 4.74 Å². The minimum absolute atomic E-state index is 0.618. The molecule has 0 amide bonds. The third kappa shape index (κ3) is 4.23. The molecule has 1 fully saturated rings. The van der Waals surface area contributed by atoms with E-state index in [0.29, 0.717) is 5.92 Å². The Morgan fingerprint density at radius 3 is 3.10 bits per heavy atom. The molecular formula is C14H25N5O. The minimum Gasteiger partial charge on any atom is -0.381 e. The summed E-state index contributed by atoms with van der Waals surface area (Å²) >= 11 is 0. The first-order chi connectivity index (χ1) is 9.69. The fourth-order valence-corrected chi connectivity index (χ4v) is 2.46. The molecule has 1 atom stereocenters. The summed E-state index contributed by atoms with van der Waals surface area (Å²) in [7, 11) is 3.90. The van der Waals surface area contributed by atoms with Gasteiger partial charge >= 0.3 is 0 Å². The SMILES string of the molecule is CN=C(NCCn1cc(C)cn1)N(C)CC1CCOC1. The summed E-state index contributed by atoms with van der Waals surface area (Å²) in [5.74, 6) is 1.55. The number of aromatic nitrogens is 2. The molecule has 1 aromatic heterocycles. The number of aliphatic imine (C=N–C) groups is 1. The van der Waals surface area contributed by atoms with Crippen LogP contribution in [-0.4, -0.2) is 61.0 Å². The van der Waals surface area contributed by atoms with Gasteiger partial charge in [0.15, 0.2) is 5.96 Å². The molecule has 6 heteroatoms. The molecule has 1 N–H and O–H groups in total. The lowest BCUT2D eigenvalue weighted by atomic mass is 10.1. The number of aryl methyl sites for hydroxylation is 1. The highest BCUT2D eigenvalue weighted by atomic mass is 16.5. The van der Waals surface area contributed by atoms with Crippen LogP contribution in [0.4, 0.5) is 0 Å². The lowest BCUT2D eigenvalue weighted by Gasteiger charge is -2.24. The largest absolute Gasteiger partial charge is 0.381 e. The Kier molecular flexibility index (Phi) is 5.40. The van der Waals surface area contributed by atoms with Crippen LogP contribution in [0.1, 0.15) is 12.0 Å². The summed E-state index contributed by atoms with van der Waals surface area (Å²) in [5.41, 5.74) is 1.19. The number of nitrogens with zero attached hydrogens (tertiary/aromatic N) is 4. The molecule has 112 valence electrons. The van der Waals surface area contributed by atoms with Crippen LogP contribution in [0, 0.1) is 12.8 Å². The second-order valence-corrected chi connectivity index (χ2v) is 5.36. The normalized spacial score (nSPS) is 19.4. The second-order valence-electron chi connectivity index (χ2n) is 5.36. The molecule has 1 aliphatic heterocycles. The maximum atomic E-state index is 5.41. The summed E-state index contributed by atoms with van der Waals surface area (Å²) in [6.07, 6.45) is 5.07. The van der Waals surface area contributed by atoms with E-state index in [1.807, 2.05) is 31.0 Å². The zero-order chi connectivity index (χ0) is 14.4. The smallest absolute Gasteiger partial charge is 0.193 e. The van der Waals surface area contributed by atoms with Crippen LogP contribution in [0.2, 0.25) is 0 Å². The Bertz CT molecular complexity index is 437. The van der Waals surface area contributed by atoms with Gasteiger partial charge in [0.2, 0.25) is 0 Å². The summed E-state index contributed by atoms with van der Waals surface area (Å²) in [4.78, 5) is 6.50. The van der Waals surface area contributed by atoms with Gasteiger partial charge in [0.05, 0.1) is 19.3 Å². The van der Waals surface area contributed by atoms with Crippen molar-refractivity contribution >= 4 is 5.96 Å². The topological polar surface area (TPSA) is 54.7 Å². The molecule has 1 aliphatic rings. The van der Waals surface area contributed by atoms with Gasteiger partial charge in [-0.05, 0) is 18.9 Å². The van der Waals surface area contributed by atoms with Gasteiger partial charge in [-0.1, -0.05) is 0 Å². The van der Waals surface area contributed by atoms with Crippen molar-refractivity contribution in [1.82, 2.24) is 20.0 Å². The fourth-order valence-electron chi connectivity index (χ4n) is 2.46. The maximum absolute atomic E-state index is 5.41. The minimum atomic E-state index is 0.618. The highest BCUT2D eigenvalue weighted by molar-refractivity contribution is 5.79. The van der Waals surface area contributed by atoms with Crippen molar-refractivity contribution in [2.24, 2.45) is 10.9 Å². The van der Waals surface area contributed by atoms with Crippen LogP contribution in [-0.2, 0) is 11.3 Å². The lowest BCUT2D eigenvalue weighted by molar-refractivity contribution is 0.181. The van der Waals surface area contributed by atoms with Crippen molar-refractivity contribution in [1.29, 1.82) is 0 Å². The van der Waals surface area contributed by atoms with Gasteiger partial charge in [0.1, 0.15) is 0 Å². The van der Waals surface area contributed by atoms with Crippen LogP contribution in [0.15, 0.2) is 17.4 Å². The quantitative estimate of drug-likeness (QED) is 0.638. The Hall–Kier alpha value is -1.56. The van der Waals surface area contributed by atoms with Gasteiger partial charge in [-0.25, -0.2) is 0 Å². The Morgan fingerprint density at radius 2 is 2.50 bits per heavy atom. The standard InChI is InChI=1S/C14H25N5O/c1-12-8-17-19(9-12)6-5-16-14(15-2)18(3)10-13-4-7-20-11-13/h8-9,13H,4-7,10-11H2,1-3H3,(H,15,16). The van der Waals surface area contributed by atoms with Gasteiger partial charge in [0, 0.05) is 45.9 Å². The maximum Gasteiger partial charge on any atom is 0.193 e. The van der Waals surface area contributed by atoms with Crippen molar-refractivity contribution in [2.45, 2.75) is 19.9 Å². The molecule has 0 aromatic carbocycles. The van der Waals surface area contributed by atoms with Gasteiger partial charge in [-0.3, -0.25) is 9.67 Å². The molecule has 2 heterocycles. The number of hydrogen-bond acceptors (Lipinski definition) is 3. The summed E-state index contributed by atoms with van der Waals surface area (Å²) in [5, 5.41) is 7.65. The van der Waals surface area contributed by atoms with E-state index >= 15 is 0 Å². The number of guanidine groups is 1. The molecule has 1 aromatic rings. The van der Waals surface area contributed by atoms with Crippen LogP contribution in [0.5, 0.6) is 0 Å². The second kappa shape index (κ2) is 7.28. The summed E-state index contributed by atoms with van der Waals surface area (Å²) in [6.45, 7) is 6.46. The third-order valence-electron chi connectivity index (χ3n) is 3.52. The highest BCUT2D eigenvalue weighted by Gasteiger charge is 2.18. The predicted octanol–water partition coefficient (Wildman–Crippen LogP) is 0.735. The van der Waals surface area contributed by atoms with Gasteiger partial charge in [-0.15, -0.1) is 0 Å². The van der Waals surface area contributed by atoms with Crippen LogP contribution in [0.25, 0.3) is 0 Å². The van der Waals surface area contributed by atoms with Crippen molar-refractivity contribution in [3.63, 3.8) is 0 Å². The molecule has 2 rings (SSSR count). The zero-order valence-electron chi connectivity index (χ0n) is 12.7. The molecule has 0 bridgehead atoms. The van der Waals surface area contributed by atoms with Crippen LogP contribution in [0.3, 0.4) is 0 Å². The number of ether oxygens (including phenoxy) is 1. The predicted molar refractivity (Wildman–Crippen MR) is 79.9 cm³/mol. The van der Waals surface area contributed by atoms with E-state index < -0.39 is 0 Å². The van der Waals surface area contributed by atoms with Crippen LogP contribution < -0.4 is 5.32 Å². The van der Waals surface area contributed by atoms with E-state index in [4.69, 9.17) is 4.74 Å². The number of rotatable bonds is 5. The van der Waals surface area contributed by atoms with E-state index in [1.165, 1.54) is 5.56 Å². The first-order valence-electron chi connectivity index (χ1n) is 7.17. The third-order valence-corrected chi connectivity index (χ3v) is 3.52. The van der Waals surface area contributed by atoms with Crippen molar-refractivity contribution in [3.8, 4) is 0 Å². The van der Waals surface area contributed by atoms with E-state index in [1.54, 1.807) is 0 Å². The van der Waals surface area contributed by atoms with E-state index in [0.717, 1.165) is 45.2 Å². The molecule has 0 radical (unpaired) electrons. The Labute approximate surface area is 120 Å². The molecule has 1 unspecified atom stereocenters. The summed E-state index contributed by atoms with van der Waals surface area (Å²) in [6, 6.07) is 0. The number of nitrogens with one attached hydrogen (secondary N) is 1. The highest BCUT2D eigenvalue weighted by Crippen LogP contribution is 2.13.